The molecule has 0 N–H and O–H groups in total. The normalized spacial score (nSPS) is 17.2. The van der Waals surface area contributed by atoms with Crippen molar-refractivity contribution in [1.82, 2.24) is 4.98 Å². The summed E-state index contributed by atoms with van der Waals surface area (Å²) in [6, 6.07) is 10.8. The first-order valence-corrected chi connectivity index (χ1v) is 7.22. The van der Waals surface area contributed by atoms with Gasteiger partial charge in [0.05, 0.1) is 5.52 Å². The highest BCUT2D eigenvalue weighted by Gasteiger charge is 2.28. The molecule has 1 heterocycles. The van der Waals surface area contributed by atoms with Gasteiger partial charge < -0.3 is 0 Å². The molecule has 1 fully saturated rings. The van der Waals surface area contributed by atoms with Crippen LogP contribution in [-0.2, 0) is 6.42 Å². The van der Waals surface area contributed by atoms with E-state index >= 15 is 0 Å². The van der Waals surface area contributed by atoms with Gasteiger partial charge in [-0.1, -0.05) is 28.1 Å². The summed E-state index contributed by atoms with van der Waals surface area (Å²) in [7, 11) is 0. The monoisotopic (exact) mass is 289 g/mol. The van der Waals surface area contributed by atoms with E-state index in [1.165, 1.54) is 30.2 Å². The minimum atomic E-state index is 0.715. The second-order valence-electron chi connectivity index (χ2n) is 4.92. The minimum absolute atomic E-state index is 0.715. The van der Waals surface area contributed by atoms with E-state index in [-0.39, 0.29) is 0 Å². The largest absolute Gasteiger partial charge is 0.256 e. The Hall–Kier alpha value is -0.890. The number of hydrogen-bond donors (Lipinski definition) is 0. The Kier molecular flexibility index (Phi) is 3.15. The molecule has 1 aromatic heterocycles. The molecular formula is C15H16BrN. The van der Waals surface area contributed by atoms with E-state index in [4.69, 9.17) is 0 Å². The molecule has 1 aliphatic rings. The van der Waals surface area contributed by atoms with Crippen LogP contribution < -0.4 is 0 Å². The lowest BCUT2D eigenvalue weighted by Gasteiger charge is -2.08. The third kappa shape index (κ3) is 2.68. The van der Waals surface area contributed by atoms with Gasteiger partial charge in [0.1, 0.15) is 0 Å². The van der Waals surface area contributed by atoms with Gasteiger partial charge >= 0.3 is 0 Å². The molecule has 0 radical (unpaired) electrons. The number of hydrogen-bond acceptors (Lipinski definition) is 1. The van der Waals surface area contributed by atoms with Crippen LogP contribution in [0.1, 0.15) is 24.8 Å². The first-order chi connectivity index (χ1) is 8.33. The van der Waals surface area contributed by atoms with Crippen molar-refractivity contribution in [3.05, 3.63) is 42.1 Å². The first-order valence-electron chi connectivity index (χ1n) is 6.31. The Morgan fingerprint density at radius 2 is 2.18 bits per heavy atom. The number of alkyl halides is 1. The van der Waals surface area contributed by atoms with E-state index in [1.54, 1.807) is 0 Å². The van der Waals surface area contributed by atoms with Crippen molar-refractivity contribution in [3.8, 4) is 0 Å². The van der Waals surface area contributed by atoms with E-state index in [9.17, 15) is 0 Å². The molecule has 1 saturated carbocycles. The number of fused-ring (bicyclic) bond motifs is 1. The van der Waals surface area contributed by atoms with Crippen LogP contribution in [0.2, 0.25) is 0 Å². The minimum Gasteiger partial charge on any atom is -0.256 e. The molecular weight excluding hydrogens is 274 g/mol. The van der Waals surface area contributed by atoms with E-state index < -0.39 is 0 Å². The number of pyridine rings is 1. The summed E-state index contributed by atoms with van der Waals surface area (Å²) in [5.74, 6) is 0.942. The fraction of sp³-hybridized carbons (Fsp3) is 0.400. The van der Waals surface area contributed by atoms with Crippen LogP contribution in [0.5, 0.6) is 0 Å². The molecule has 0 saturated heterocycles. The predicted octanol–water partition coefficient (Wildman–Crippen LogP) is 4.34. The molecule has 1 unspecified atom stereocenters. The summed E-state index contributed by atoms with van der Waals surface area (Å²) in [4.78, 5) is 5.06. The zero-order chi connectivity index (χ0) is 11.7. The van der Waals surface area contributed by atoms with Crippen molar-refractivity contribution < 1.29 is 0 Å². The van der Waals surface area contributed by atoms with Crippen LogP contribution in [0, 0.1) is 5.92 Å². The second-order valence-corrected chi connectivity index (χ2v) is 6.10. The van der Waals surface area contributed by atoms with Crippen LogP contribution in [0.4, 0.5) is 0 Å². The Morgan fingerprint density at radius 1 is 1.29 bits per heavy atom. The second kappa shape index (κ2) is 4.77. The van der Waals surface area contributed by atoms with Crippen molar-refractivity contribution in [1.29, 1.82) is 0 Å². The van der Waals surface area contributed by atoms with E-state index in [0.29, 0.717) is 4.83 Å². The lowest BCUT2D eigenvalue weighted by molar-refractivity contribution is 0.697. The van der Waals surface area contributed by atoms with Gasteiger partial charge in [0.2, 0.25) is 0 Å². The average Bonchev–Trinajstić information content (AvgIpc) is 3.20. The highest BCUT2D eigenvalue weighted by molar-refractivity contribution is 9.09. The van der Waals surface area contributed by atoms with Gasteiger partial charge in [-0.2, -0.15) is 0 Å². The Balaban J connectivity index is 1.71. The molecule has 1 aliphatic carbocycles. The van der Waals surface area contributed by atoms with Gasteiger partial charge in [0.15, 0.2) is 0 Å². The highest BCUT2D eigenvalue weighted by Crippen LogP contribution is 2.38. The van der Waals surface area contributed by atoms with Crippen LogP contribution in [-0.4, -0.2) is 9.81 Å². The number of rotatable bonds is 4. The number of aromatic nitrogens is 1. The summed E-state index contributed by atoms with van der Waals surface area (Å²) in [5, 5.41) is 1.25. The Labute approximate surface area is 110 Å². The zero-order valence-corrected chi connectivity index (χ0v) is 11.4. The van der Waals surface area contributed by atoms with Gasteiger partial charge in [-0.05, 0) is 55.4 Å². The average molecular weight is 290 g/mol. The summed E-state index contributed by atoms with van der Waals surface area (Å²) < 4.78 is 0. The van der Waals surface area contributed by atoms with Crippen LogP contribution in [0.25, 0.3) is 10.9 Å². The van der Waals surface area contributed by atoms with E-state index in [2.05, 4.69) is 45.2 Å². The van der Waals surface area contributed by atoms with Crippen LogP contribution >= 0.6 is 15.9 Å². The summed E-state index contributed by atoms with van der Waals surface area (Å²) in [6.45, 7) is 0. The highest BCUT2D eigenvalue weighted by atomic mass is 79.9. The lowest BCUT2D eigenvalue weighted by atomic mass is 10.0. The molecule has 0 spiro atoms. The topological polar surface area (TPSA) is 12.9 Å². The maximum absolute atomic E-state index is 4.35. The quantitative estimate of drug-likeness (QED) is 0.763. The van der Waals surface area contributed by atoms with Crippen molar-refractivity contribution in [2.45, 2.75) is 30.5 Å². The van der Waals surface area contributed by atoms with E-state index in [0.717, 1.165) is 17.9 Å². The summed E-state index contributed by atoms with van der Waals surface area (Å²) in [5.41, 5.74) is 2.52. The maximum atomic E-state index is 4.35. The van der Waals surface area contributed by atoms with Crippen molar-refractivity contribution >= 4 is 26.8 Å². The Bertz CT molecular complexity index is 519. The molecule has 0 amide bonds. The Morgan fingerprint density at radius 3 is 3.00 bits per heavy atom. The number of halogens is 1. The molecule has 17 heavy (non-hydrogen) atoms. The van der Waals surface area contributed by atoms with Crippen molar-refractivity contribution in [2.75, 3.05) is 0 Å². The van der Waals surface area contributed by atoms with Gasteiger partial charge in [-0.3, -0.25) is 4.98 Å². The van der Waals surface area contributed by atoms with Crippen LogP contribution in [0.3, 0.4) is 0 Å². The molecule has 3 rings (SSSR count). The SMILES string of the molecule is BrC(CCc1ccc2ncccc2c1)C1CC1. The fourth-order valence-corrected chi connectivity index (χ4v) is 3.04. The van der Waals surface area contributed by atoms with Crippen molar-refractivity contribution in [2.24, 2.45) is 5.92 Å². The number of benzene rings is 1. The molecule has 1 aromatic carbocycles. The fourth-order valence-electron chi connectivity index (χ4n) is 2.28. The van der Waals surface area contributed by atoms with Crippen LogP contribution in [0.15, 0.2) is 36.5 Å². The van der Waals surface area contributed by atoms with Gasteiger partial charge in [0, 0.05) is 16.4 Å². The molecule has 88 valence electrons. The molecule has 2 aromatic rings. The number of aryl methyl sites for hydroxylation is 1. The molecule has 0 bridgehead atoms. The maximum Gasteiger partial charge on any atom is 0.0702 e. The summed E-state index contributed by atoms with van der Waals surface area (Å²) >= 11 is 3.80. The summed E-state index contributed by atoms with van der Waals surface area (Å²) in [6.07, 6.45) is 7.09. The smallest absolute Gasteiger partial charge is 0.0702 e. The van der Waals surface area contributed by atoms with Crippen molar-refractivity contribution in [3.63, 3.8) is 0 Å². The lowest BCUT2D eigenvalue weighted by Crippen LogP contribution is -2.02. The molecule has 1 atom stereocenters. The zero-order valence-electron chi connectivity index (χ0n) is 9.77. The molecule has 0 aliphatic heterocycles. The first kappa shape index (κ1) is 11.2. The van der Waals surface area contributed by atoms with E-state index in [1.807, 2.05) is 12.3 Å². The molecule has 2 heteroatoms. The predicted molar refractivity (Wildman–Crippen MR) is 75.5 cm³/mol. The standard InChI is InChI=1S/C15H16BrN/c16-14(12-5-6-12)7-3-11-4-8-15-13(10-11)2-1-9-17-15/h1-2,4,8-10,12,14H,3,5-7H2. The van der Waals surface area contributed by atoms with Gasteiger partial charge in [-0.25, -0.2) is 0 Å². The third-order valence-electron chi connectivity index (χ3n) is 3.51. The van der Waals surface area contributed by atoms with Gasteiger partial charge in [-0.15, -0.1) is 0 Å². The molecule has 1 nitrogen and oxygen atoms in total. The van der Waals surface area contributed by atoms with Gasteiger partial charge in [0.25, 0.3) is 0 Å². The number of nitrogens with zero attached hydrogens (tertiary/aromatic N) is 1. The third-order valence-corrected chi connectivity index (χ3v) is 4.72.